The van der Waals surface area contributed by atoms with E-state index < -0.39 is 0 Å². The molecule has 0 aliphatic carbocycles. The molecule has 0 atom stereocenters. The maximum absolute atomic E-state index is 12.9. The van der Waals surface area contributed by atoms with Crippen LogP contribution in [0.4, 0.5) is 10.1 Å². The summed E-state index contributed by atoms with van der Waals surface area (Å²) in [5.74, 6) is 0.900. The fraction of sp³-hybridized carbons (Fsp3) is 0.350. The molecule has 0 spiro atoms. The Bertz CT molecular complexity index is 781. The first-order chi connectivity index (χ1) is 13.6. The molecule has 1 fully saturated rings. The van der Waals surface area contributed by atoms with E-state index in [0.29, 0.717) is 37.6 Å². The van der Waals surface area contributed by atoms with Crippen molar-refractivity contribution in [3.63, 3.8) is 0 Å². The number of rotatable bonds is 7. The van der Waals surface area contributed by atoms with Gasteiger partial charge in [-0.15, -0.1) is 11.8 Å². The molecule has 0 bridgehead atoms. The number of thioether (sulfide) groups is 1. The number of nitrogens with zero attached hydrogens (tertiary/aromatic N) is 3. The van der Waals surface area contributed by atoms with E-state index in [2.05, 4.69) is 10.3 Å². The van der Waals surface area contributed by atoms with Crippen LogP contribution in [0.15, 0.2) is 48.8 Å². The molecule has 3 rings (SSSR count). The van der Waals surface area contributed by atoms with E-state index in [1.165, 1.54) is 24.3 Å². The Morgan fingerprint density at radius 1 is 1.04 bits per heavy atom. The molecule has 6 nitrogen and oxygen atoms in total. The van der Waals surface area contributed by atoms with Crippen molar-refractivity contribution in [1.29, 1.82) is 0 Å². The van der Waals surface area contributed by atoms with Crippen LogP contribution in [0.25, 0.3) is 0 Å². The first-order valence-electron chi connectivity index (χ1n) is 9.12. The van der Waals surface area contributed by atoms with Gasteiger partial charge in [-0.2, -0.15) is 0 Å². The molecule has 1 N–H and O–H groups in total. The molecular formula is C20H23FN4O2S. The van der Waals surface area contributed by atoms with Crippen molar-refractivity contribution in [2.75, 3.05) is 43.8 Å². The molecular weight excluding hydrogens is 379 g/mol. The minimum absolute atomic E-state index is 0.134. The van der Waals surface area contributed by atoms with E-state index in [1.807, 2.05) is 21.9 Å². The van der Waals surface area contributed by atoms with Crippen LogP contribution in [0.5, 0.6) is 0 Å². The molecule has 2 aromatic rings. The van der Waals surface area contributed by atoms with Gasteiger partial charge in [0, 0.05) is 50.0 Å². The number of anilines is 1. The van der Waals surface area contributed by atoms with E-state index in [0.717, 1.165) is 11.3 Å². The zero-order chi connectivity index (χ0) is 19.8. The number of hydrogen-bond acceptors (Lipinski definition) is 5. The Kier molecular flexibility index (Phi) is 7.39. The van der Waals surface area contributed by atoms with Gasteiger partial charge in [0.15, 0.2) is 0 Å². The normalized spacial score (nSPS) is 14.7. The van der Waals surface area contributed by atoms with Gasteiger partial charge < -0.3 is 10.2 Å². The number of benzene rings is 1. The number of halogens is 1. The summed E-state index contributed by atoms with van der Waals surface area (Å²) in [5.41, 5.74) is 1.73. The van der Waals surface area contributed by atoms with Crippen LogP contribution in [-0.4, -0.2) is 65.1 Å². The van der Waals surface area contributed by atoms with Crippen LogP contribution < -0.4 is 5.32 Å². The average molecular weight is 402 g/mol. The number of aromatic nitrogens is 1. The Morgan fingerprint density at radius 2 is 1.71 bits per heavy atom. The number of carbonyl (C=O) groups excluding carboxylic acids is 2. The number of hydrogen-bond donors (Lipinski definition) is 1. The zero-order valence-corrected chi connectivity index (χ0v) is 16.3. The van der Waals surface area contributed by atoms with Crippen LogP contribution in [0.3, 0.4) is 0 Å². The Balaban J connectivity index is 1.34. The molecule has 0 radical (unpaired) electrons. The van der Waals surface area contributed by atoms with Gasteiger partial charge >= 0.3 is 0 Å². The molecule has 2 heterocycles. The van der Waals surface area contributed by atoms with E-state index in [1.54, 1.807) is 24.2 Å². The van der Waals surface area contributed by atoms with Gasteiger partial charge in [-0.3, -0.25) is 19.5 Å². The van der Waals surface area contributed by atoms with Crippen LogP contribution in [0.2, 0.25) is 0 Å². The average Bonchev–Trinajstić information content (AvgIpc) is 2.71. The van der Waals surface area contributed by atoms with E-state index in [9.17, 15) is 14.0 Å². The maximum atomic E-state index is 12.9. The minimum Gasteiger partial charge on any atom is -0.339 e. The summed E-state index contributed by atoms with van der Waals surface area (Å²) in [6.07, 6.45) is 3.51. The van der Waals surface area contributed by atoms with Crippen LogP contribution in [-0.2, 0) is 15.3 Å². The van der Waals surface area contributed by atoms with E-state index in [4.69, 9.17) is 0 Å². The van der Waals surface area contributed by atoms with Crippen LogP contribution >= 0.6 is 11.8 Å². The summed E-state index contributed by atoms with van der Waals surface area (Å²) in [7, 11) is 0. The largest absolute Gasteiger partial charge is 0.339 e. The maximum Gasteiger partial charge on any atom is 0.238 e. The molecule has 1 aromatic carbocycles. The van der Waals surface area contributed by atoms with Gasteiger partial charge in [0.05, 0.1) is 12.3 Å². The molecule has 148 valence electrons. The zero-order valence-electron chi connectivity index (χ0n) is 15.5. The molecule has 1 aromatic heterocycles. The lowest BCUT2D eigenvalue weighted by Gasteiger charge is -2.34. The van der Waals surface area contributed by atoms with Gasteiger partial charge in [0.25, 0.3) is 0 Å². The monoisotopic (exact) mass is 402 g/mol. The number of amides is 2. The first-order valence-corrected chi connectivity index (χ1v) is 10.3. The minimum atomic E-state index is -0.335. The van der Waals surface area contributed by atoms with Crippen molar-refractivity contribution in [2.45, 2.75) is 5.75 Å². The lowest BCUT2D eigenvalue weighted by Crippen LogP contribution is -2.50. The highest BCUT2D eigenvalue weighted by atomic mass is 32.2. The number of carbonyl (C=O) groups is 2. The molecule has 0 unspecified atom stereocenters. The standard InChI is InChI=1S/C20H23FN4O2S/c21-17-1-3-18(4-2-17)23-19(26)13-24-9-11-25(12-10-24)20(27)15-28-14-16-5-7-22-8-6-16/h1-8H,9-15H2,(H,23,26). The number of pyridine rings is 1. The molecule has 28 heavy (non-hydrogen) atoms. The van der Waals surface area contributed by atoms with Crippen molar-refractivity contribution >= 4 is 29.3 Å². The van der Waals surface area contributed by atoms with Gasteiger partial charge in [-0.05, 0) is 42.0 Å². The first kappa shape index (κ1) is 20.3. The smallest absolute Gasteiger partial charge is 0.238 e. The Morgan fingerprint density at radius 3 is 2.39 bits per heavy atom. The summed E-state index contributed by atoms with van der Waals surface area (Å²) in [4.78, 5) is 32.3. The summed E-state index contributed by atoms with van der Waals surface area (Å²) in [6, 6.07) is 9.60. The molecule has 1 aliphatic rings. The van der Waals surface area contributed by atoms with Crippen molar-refractivity contribution in [2.24, 2.45) is 0 Å². The SMILES string of the molecule is O=C(CN1CCN(C(=O)CSCc2ccncc2)CC1)Nc1ccc(F)cc1. The topological polar surface area (TPSA) is 65.5 Å². The predicted molar refractivity (Wildman–Crippen MR) is 108 cm³/mol. The van der Waals surface area contributed by atoms with Crippen molar-refractivity contribution < 1.29 is 14.0 Å². The highest BCUT2D eigenvalue weighted by Crippen LogP contribution is 2.13. The van der Waals surface area contributed by atoms with Gasteiger partial charge in [-0.25, -0.2) is 4.39 Å². The highest BCUT2D eigenvalue weighted by molar-refractivity contribution is 7.99. The third-order valence-electron chi connectivity index (χ3n) is 4.46. The number of piperazine rings is 1. The molecule has 8 heteroatoms. The number of nitrogens with one attached hydrogen (secondary N) is 1. The Labute approximate surface area is 168 Å². The van der Waals surface area contributed by atoms with Crippen LogP contribution in [0, 0.1) is 5.82 Å². The summed E-state index contributed by atoms with van der Waals surface area (Å²) < 4.78 is 12.9. The second-order valence-electron chi connectivity index (χ2n) is 6.56. The highest BCUT2D eigenvalue weighted by Gasteiger charge is 2.22. The second kappa shape index (κ2) is 10.2. The van der Waals surface area contributed by atoms with Gasteiger partial charge in [-0.1, -0.05) is 0 Å². The van der Waals surface area contributed by atoms with Crippen molar-refractivity contribution in [3.05, 3.63) is 60.2 Å². The third-order valence-corrected chi connectivity index (χ3v) is 5.45. The molecule has 0 saturated carbocycles. The van der Waals surface area contributed by atoms with E-state index >= 15 is 0 Å². The van der Waals surface area contributed by atoms with E-state index in [-0.39, 0.29) is 24.2 Å². The van der Waals surface area contributed by atoms with Crippen molar-refractivity contribution in [1.82, 2.24) is 14.8 Å². The predicted octanol–water partition coefficient (Wildman–Crippen LogP) is 2.24. The lowest BCUT2D eigenvalue weighted by molar-refractivity contribution is -0.130. The quantitative estimate of drug-likeness (QED) is 0.770. The summed E-state index contributed by atoms with van der Waals surface area (Å²) >= 11 is 1.60. The summed E-state index contributed by atoms with van der Waals surface area (Å²) in [5, 5.41) is 2.76. The van der Waals surface area contributed by atoms with Crippen molar-refractivity contribution in [3.8, 4) is 0 Å². The summed E-state index contributed by atoms with van der Waals surface area (Å²) in [6.45, 7) is 2.84. The fourth-order valence-electron chi connectivity index (χ4n) is 2.92. The molecule has 2 amide bonds. The second-order valence-corrected chi connectivity index (χ2v) is 7.55. The fourth-order valence-corrected chi connectivity index (χ4v) is 3.81. The van der Waals surface area contributed by atoms with Gasteiger partial charge in [0.1, 0.15) is 5.82 Å². The molecule has 1 saturated heterocycles. The third kappa shape index (κ3) is 6.31. The Hall–Kier alpha value is -2.45. The van der Waals surface area contributed by atoms with Crippen LogP contribution in [0.1, 0.15) is 5.56 Å². The molecule has 1 aliphatic heterocycles. The lowest BCUT2D eigenvalue weighted by atomic mass is 10.3. The van der Waals surface area contributed by atoms with Gasteiger partial charge in [0.2, 0.25) is 11.8 Å².